The highest BCUT2D eigenvalue weighted by Crippen LogP contribution is 2.34. The largest absolute Gasteiger partial charge is 0.483 e. The fourth-order valence-corrected chi connectivity index (χ4v) is 3.99. The standard InChI is InChI=1S/C27H47N3O4/c1-7-8-13-30-26(33)23(31)12-10-21(28)16-20(18(2)3)14-19-9-11-22(27(4,5)6)24(15-19)34-17-25(29)32/h9,11,15,18,20-21,23,31H,7-8,10,12-14,16-17,28H2,1-6H3,(H2,29,32)(H,30,33)/t20-,21-,23-/m0/s1. The molecule has 7 heteroatoms. The van der Waals surface area contributed by atoms with Crippen molar-refractivity contribution in [1.29, 1.82) is 0 Å². The molecule has 0 heterocycles. The van der Waals surface area contributed by atoms with E-state index in [1.54, 1.807) is 0 Å². The quantitative estimate of drug-likeness (QED) is 0.288. The molecule has 0 saturated heterocycles. The number of hydrogen-bond acceptors (Lipinski definition) is 5. The number of amides is 2. The summed E-state index contributed by atoms with van der Waals surface area (Å²) in [5.74, 6) is 0.606. The molecule has 1 aromatic carbocycles. The first kappa shape index (κ1) is 29.9. The van der Waals surface area contributed by atoms with E-state index in [-0.39, 0.29) is 24.0 Å². The van der Waals surface area contributed by atoms with Gasteiger partial charge in [0.25, 0.3) is 5.91 Å². The number of primary amides is 1. The lowest BCUT2D eigenvalue weighted by atomic mass is 9.81. The van der Waals surface area contributed by atoms with Gasteiger partial charge in [-0.05, 0) is 66.5 Å². The van der Waals surface area contributed by atoms with Crippen molar-refractivity contribution in [2.24, 2.45) is 23.3 Å². The number of aliphatic hydroxyl groups excluding tert-OH is 1. The lowest BCUT2D eigenvalue weighted by molar-refractivity contribution is -0.129. The van der Waals surface area contributed by atoms with Gasteiger partial charge >= 0.3 is 0 Å². The van der Waals surface area contributed by atoms with Crippen molar-refractivity contribution < 1.29 is 19.4 Å². The Morgan fingerprint density at radius 1 is 1.18 bits per heavy atom. The first-order chi connectivity index (χ1) is 15.8. The number of hydrogen-bond donors (Lipinski definition) is 4. The van der Waals surface area contributed by atoms with Gasteiger partial charge < -0.3 is 26.6 Å². The van der Waals surface area contributed by atoms with Crippen LogP contribution in [0.3, 0.4) is 0 Å². The number of ether oxygens (including phenoxy) is 1. The van der Waals surface area contributed by atoms with Crippen molar-refractivity contribution in [2.45, 2.75) is 97.6 Å². The maximum Gasteiger partial charge on any atom is 0.255 e. The minimum atomic E-state index is -1.02. The van der Waals surface area contributed by atoms with Gasteiger partial charge in [-0.1, -0.05) is 60.1 Å². The van der Waals surface area contributed by atoms with Gasteiger partial charge in [0.2, 0.25) is 5.91 Å². The van der Waals surface area contributed by atoms with E-state index in [9.17, 15) is 14.7 Å². The fraction of sp³-hybridized carbons (Fsp3) is 0.704. The van der Waals surface area contributed by atoms with Crippen molar-refractivity contribution in [1.82, 2.24) is 5.32 Å². The molecule has 0 fully saturated rings. The lowest BCUT2D eigenvalue weighted by Gasteiger charge is -2.27. The number of unbranched alkanes of at least 4 members (excludes halogenated alkanes) is 1. The summed E-state index contributed by atoms with van der Waals surface area (Å²) in [4.78, 5) is 23.2. The van der Waals surface area contributed by atoms with Crippen LogP contribution in [0.4, 0.5) is 0 Å². The highest BCUT2D eigenvalue weighted by molar-refractivity contribution is 5.80. The molecule has 0 radical (unpaired) electrons. The van der Waals surface area contributed by atoms with Crippen LogP contribution in [0.25, 0.3) is 0 Å². The van der Waals surface area contributed by atoms with Crippen LogP contribution in [0.1, 0.15) is 84.8 Å². The predicted molar refractivity (Wildman–Crippen MR) is 138 cm³/mol. The van der Waals surface area contributed by atoms with Crippen LogP contribution in [0.15, 0.2) is 18.2 Å². The molecule has 0 aliphatic rings. The summed E-state index contributed by atoms with van der Waals surface area (Å²) < 4.78 is 5.75. The molecule has 0 saturated carbocycles. The van der Waals surface area contributed by atoms with Gasteiger partial charge in [0.05, 0.1) is 0 Å². The SMILES string of the molecule is CCCCNC(=O)[C@@H](O)CC[C@H](N)C[C@H](Cc1ccc(C(C)(C)C)c(OCC(N)=O)c1)C(C)C. The Labute approximate surface area is 206 Å². The zero-order valence-corrected chi connectivity index (χ0v) is 22.0. The zero-order chi connectivity index (χ0) is 25.9. The van der Waals surface area contributed by atoms with E-state index < -0.39 is 12.0 Å². The number of aliphatic hydroxyl groups is 1. The van der Waals surface area contributed by atoms with E-state index in [0.29, 0.717) is 37.0 Å². The fourth-order valence-electron chi connectivity index (χ4n) is 3.99. The molecule has 34 heavy (non-hydrogen) atoms. The van der Waals surface area contributed by atoms with E-state index in [1.807, 2.05) is 6.07 Å². The van der Waals surface area contributed by atoms with Crippen LogP contribution >= 0.6 is 0 Å². The van der Waals surface area contributed by atoms with Gasteiger partial charge in [-0.15, -0.1) is 0 Å². The van der Waals surface area contributed by atoms with Crippen LogP contribution < -0.4 is 21.5 Å². The summed E-state index contributed by atoms with van der Waals surface area (Å²) in [6, 6.07) is 6.08. The molecule has 7 nitrogen and oxygen atoms in total. The number of nitrogens with one attached hydrogen (secondary N) is 1. The van der Waals surface area contributed by atoms with E-state index >= 15 is 0 Å². The second kappa shape index (κ2) is 14.3. The Morgan fingerprint density at radius 3 is 2.41 bits per heavy atom. The Hall–Kier alpha value is -2.12. The molecular weight excluding hydrogens is 430 g/mol. The van der Waals surface area contributed by atoms with Gasteiger partial charge in [0.1, 0.15) is 11.9 Å². The zero-order valence-electron chi connectivity index (χ0n) is 22.0. The molecule has 1 aromatic rings. The second-order valence-electron chi connectivity index (χ2n) is 10.8. The van der Waals surface area contributed by atoms with Crippen molar-refractivity contribution in [3.8, 4) is 5.75 Å². The van der Waals surface area contributed by atoms with Crippen LogP contribution in [0.2, 0.25) is 0 Å². The van der Waals surface area contributed by atoms with Gasteiger partial charge in [-0.3, -0.25) is 9.59 Å². The summed E-state index contributed by atoms with van der Waals surface area (Å²) >= 11 is 0. The van der Waals surface area contributed by atoms with Crippen molar-refractivity contribution in [2.75, 3.05) is 13.2 Å². The third-order valence-electron chi connectivity index (χ3n) is 6.21. The van der Waals surface area contributed by atoms with Crippen LogP contribution in [-0.4, -0.2) is 42.2 Å². The van der Waals surface area contributed by atoms with Crippen molar-refractivity contribution in [3.05, 3.63) is 29.3 Å². The third-order valence-corrected chi connectivity index (χ3v) is 6.21. The van der Waals surface area contributed by atoms with Gasteiger partial charge in [-0.25, -0.2) is 0 Å². The predicted octanol–water partition coefficient (Wildman–Crippen LogP) is 3.44. The maximum atomic E-state index is 12.0. The Kier molecular flexibility index (Phi) is 12.6. The molecule has 6 N–H and O–H groups in total. The van der Waals surface area contributed by atoms with Gasteiger partial charge in [0.15, 0.2) is 6.61 Å². The highest BCUT2D eigenvalue weighted by atomic mass is 16.5. The molecule has 0 aromatic heterocycles. The van der Waals surface area contributed by atoms with E-state index in [0.717, 1.165) is 36.8 Å². The molecule has 0 spiro atoms. The normalized spacial score (nSPS) is 14.5. The summed E-state index contributed by atoms with van der Waals surface area (Å²) in [6.45, 7) is 13.2. The highest BCUT2D eigenvalue weighted by Gasteiger charge is 2.23. The average molecular weight is 478 g/mol. The summed E-state index contributed by atoms with van der Waals surface area (Å²) in [5, 5.41) is 12.9. The second-order valence-corrected chi connectivity index (χ2v) is 10.8. The van der Waals surface area contributed by atoms with E-state index in [1.165, 1.54) is 0 Å². The van der Waals surface area contributed by atoms with Crippen molar-refractivity contribution >= 4 is 11.8 Å². The molecule has 0 unspecified atom stereocenters. The minimum absolute atomic E-state index is 0.107. The Balaban J connectivity index is 2.79. The summed E-state index contributed by atoms with van der Waals surface area (Å²) in [5.41, 5.74) is 13.7. The first-order valence-electron chi connectivity index (χ1n) is 12.6. The molecule has 194 valence electrons. The summed E-state index contributed by atoms with van der Waals surface area (Å²) in [6.07, 6.45) is 3.44. The molecule has 3 atom stereocenters. The van der Waals surface area contributed by atoms with Crippen molar-refractivity contribution in [3.63, 3.8) is 0 Å². The first-order valence-corrected chi connectivity index (χ1v) is 12.6. The topological polar surface area (TPSA) is 128 Å². The maximum absolute atomic E-state index is 12.0. The molecule has 0 aliphatic heterocycles. The van der Waals surface area contributed by atoms with E-state index in [2.05, 4.69) is 59.0 Å². The Morgan fingerprint density at radius 2 is 1.85 bits per heavy atom. The number of carbonyl (C=O) groups is 2. The molecule has 2 amide bonds. The Bertz CT molecular complexity index is 774. The molecule has 0 bridgehead atoms. The van der Waals surface area contributed by atoms with Crippen LogP contribution in [0, 0.1) is 11.8 Å². The van der Waals surface area contributed by atoms with E-state index in [4.69, 9.17) is 16.2 Å². The van der Waals surface area contributed by atoms with Crippen LogP contribution in [-0.2, 0) is 21.4 Å². The van der Waals surface area contributed by atoms with Crippen LogP contribution in [0.5, 0.6) is 5.75 Å². The molecule has 1 rings (SSSR count). The third kappa shape index (κ3) is 10.9. The number of rotatable bonds is 15. The number of nitrogens with two attached hydrogens (primary N) is 2. The minimum Gasteiger partial charge on any atom is -0.483 e. The monoisotopic (exact) mass is 477 g/mol. The molecule has 0 aliphatic carbocycles. The number of carbonyl (C=O) groups excluding carboxylic acids is 2. The smallest absolute Gasteiger partial charge is 0.255 e. The average Bonchev–Trinajstić information content (AvgIpc) is 2.74. The van der Waals surface area contributed by atoms with Gasteiger partial charge in [-0.2, -0.15) is 0 Å². The van der Waals surface area contributed by atoms with Gasteiger partial charge in [0, 0.05) is 12.6 Å². The summed E-state index contributed by atoms with van der Waals surface area (Å²) in [7, 11) is 0. The lowest BCUT2D eigenvalue weighted by Crippen LogP contribution is -2.36. The number of benzene rings is 1. The molecular formula is C27H47N3O4.